The van der Waals surface area contributed by atoms with Crippen LogP contribution in [0.4, 0.5) is 5.69 Å². The highest BCUT2D eigenvalue weighted by molar-refractivity contribution is 7.90. The number of benzene rings is 2. The molecule has 0 heterocycles. The Morgan fingerprint density at radius 2 is 1.67 bits per heavy atom. The number of rotatable bonds is 13. The van der Waals surface area contributed by atoms with E-state index in [0.29, 0.717) is 17.9 Å². The number of hydrogen-bond acceptors (Lipinski definition) is 5. The lowest BCUT2D eigenvalue weighted by Gasteiger charge is -2.34. The summed E-state index contributed by atoms with van der Waals surface area (Å²) in [6.07, 6.45) is 1.11. The molecule has 0 fully saturated rings. The lowest BCUT2D eigenvalue weighted by Crippen LogP contribution is -2.54. The largest absolute Gasteiger partial charge is 0.497 e. The Balaban J connectivity index is 2.49. The number of para-hydroxylation sites is 1. The highest BCUT2D eigenvalue weighted by Crippen LogP contribution is 2.22. The Morgan fingerprint density at radius 3 is 2.22 bits per heavy atom. The maximum atomic E-state index is 13.8. The van der Waals surface area contributed by atoms with Crippen LogP contribution in [-0.2, 0) is 26.3 Å². The summed E-state index contributed by atoms with van der Waals surface area (Å²) in [6, 6.07) is 14.9. The second-order valence-electron chi connectivity index (χ2n) is 8.75. The van der Waals surface area contributed by atoms with E-state index in [2.05, 4.69) is 5.32 Å². The van der Waals surface area contributed by atoms with Crippen LogP contribution in [0.25, 0.3) is 0 Å². The van der Waals surface area contributed by atoms with Crippen LogP contribution in [0, 0.1) is 0 Å². The molecule has 0 radical (unpaired) electrons. The van der Waals surface area contributed by atoms with E-state index in [1.54, 1.807) is 49.6 Å². The molecule has 2 amide bonds. The van der Waals surface area contributed by atoms with Crippen molar-refractivity contribution in [2.45, 2.75) is 52.2 Å². The maximum absolute atomic E-state index is 13.8. The molecule has 2 aromatic carbocycles. The molecule has 2 rings (SSSR count). The number of carbonyl (C=O) groups is 2. The molecule has 10 heteroatoms. The fourth-order valence-corrected chi connectivity index (χ4v) is 4.70. The lowest BCUT2D eigenvalue weighted by atomic mass is 10.1. The molecule has 2 atom stereocenters. The van der Waals surface area contributed by atoms with Crippen molar-refractivity contribution in [2.75, 3.05) is 32.1 Å². The van der Waals surface area contributed by atoms with Gasteiger partial charge in [-0.05, 0) is 49.6 Å². The molecule has 1 N–H and O–H groups in total. The second-order valence-corrected chi connectivity index (χ2v) is 10.8. The number of nitrogens with zero attached hydrogens (tertiary/aromatic N) is 3. The van der Waals surface area contributed by atoms with E-state index in [0.717, 1.165) is 20.6 Å². The summed E-state index contributed by atoms with van der Waals surface area (Å²) in [6.45, 7) is 5.36. The number of methoxy groups -OCH3 is 1. The van der Waals surface area contributed by atoms with Crippen molar-refractivity contribution in [3.8, 4) is 5.75 Å². The van der Waals surface area contributed by atoms with Gasteiger partial charge < -0.3 is 15.0 Å². The Morgan fingerprint density at radius 1 is 1.00 bits per heavy atom. The first-order valence-corrected chi connectivity index (χ1v) is 13.4. The molecule has 0 aliphatic rings. The zero-order chi connectivity index (χ0) is 26.9. The average molecular weight is 519 g/mol. The molecule has 198 valence electrons. The van der Waals surface area contributed by atoms with Gasteiger partial charge in [-0.2, -0.15) is 12.7 Å². The number of ether oxygens (including phenoxy) is 1. The number of anilines is 1. The van der Waals surface area contributed by atoms with Crippen LogP contribution in [0.3, 0.4) is 0 Å². The Labute approximate surface area is 215 Å². The molecule has 0 unspecified atom stereocenters. The van der Waals surface area contributed by atoms with Gasteiger partial charge in [-0.3, -0.25) is 9.59 Å². The summed E-state index contributed by atoms with van der Waals surface area (Å²) in [5, 5.41) is 2.96. The number of amides is 2. The molecular weight excluding hydrogens is 480 g/mol. The van der Waals surface area contributed by atoms with E-state index in [-0.39, 0.29) is 18.5 Å². The maximum Gasteiger partial charge on any atom is 0.304 e. The minimum Gasteiger partial charge on any atom is -0.497 e. The van der Waals surface area contributed by atoms with Crippen LogP contribution in [0.5, 0.6) is 5.75 Å². The molecular formula is C26H38N4O5S. The van der Waals surface area contributed by atoms with Gasteiger partial charge in [-0.25, -0.2) is 4.31 Å². The van der Waals surface area contributed by atoms with Crippen molar-refractivity contribution in [1.29, 1.82) is 0 Å². The minimum absolute atomic E-state index is 0.0599. The van der Waals surface area contributed by atoms with Gasteiger partial charge in [0.2, 0.25) is 11.8 Å². The predicted octanol–water partition coefficient (Wildman–Crippen LogP) is 3.03. The molecule has 36 heavy (non-hydrogen) atoms. The van der Waals surface area contributed by atoms with Crippen LogP contribution in [-0.4, -0.2) is 69.3 Å². The molecule has 0 saturated heterocycles. The van der Waals surface area contributed by atoms with Crippen molar-refractivity contribution in [3.05, 3.63) is 60.2 Å². The van der Waals surface area contributed by atoms with Gasteiger partial charge in [0.1, 0.15) is 18.3 Å². The summed E-state index contributed by atoms with van der Waals surface area (Å²) < 4.78 is 33.8. The average Bonchev–Trinajstić information content (AvgIpc) is 2.87. The summed E-state index contributed by atoms with van der Waals surface area (Å²) in [5.74, 6) is -0.138. The highest BCUT2D eigenvalue weighted by atomic mass is 32.2. The fourth-order valence-electron chi connectivity index (χ4n) is 3.64. The fraction of sp³-hybridized carbons (Fsp3) is 0.462. The molecule has 0 bridgehead atoms. The zero-order valence-electron chi connectivity index (χ0n) is 22.0. The van der Waals surface area contributed by atoms with Gasteiger partial charge in [0, 0.05) is 26.7 Å². The van der Waals surface area contributed by atoms with Crippen molar-refractivity contribution < 1.29 is 22.7 Å². The first-order valence-electron chi connectivity index (χ1n) is 12.0. The third-order valence-corrected chi connectivity index (χ3v) is 7.76. The van der Waals surface area contributed by atoms with Gasteiger partial charge in [-0.15, -0.1) is 0 Å². The Bertz CT molecular complexity index is 1110. The number of hydrogen-bond donors (Lipinski definition) is 1. The van der Waals surface area contributed by atoms with E-state index >= 15 is 0 Å². The smallest absolute Gasteiger partial charge is 0.304 e. The SMILES string of the molecule is CC[C@H](C(=O)N[C@@H](C)CC)N(Cc1cccc(OC)c1)C(=O)CN(c1ccccc1)S(=O)(=O)N(C)C. The van der Waals surface area contributed by atoms with Crippen molar-refractivity contribution in [1.82, 2.24) is 14.5 Å². The van der Waals surface area contributed by atoms with Crippen LogP contribution in [0.15, 0.2) is 54.6 Å². The van der Waals surface area contributed by atoms with E-state index in [4.69, 9.17) is 4.74 Å². The molecule has 0 aliphatic carbocycles. The van der Waals surface area contributed by atoms with Crippen LogP contribution in [0.2, 0.25) is 0 Å². The van der Waals surface area contributed by atoms with E-state index < -0.39 is 28.7 Å². The molecule has 2 aromatic rings. The molecule has 0 aromatic heterocycles. The van der Waals surface area contributed by atoms with E-state index in [9.17, 15) is 18.0 Å². The van der Waals surface area contributed by atoms with Crippen LogP contribution < -0.4 is 14.4 Å². The highest BCUT2D eigenvalue weighted by Gasteiger charge is 2.34. The number of carbonyl (C=O) groups excluding carboxylic acids is 2. The summed E-state index contributed by atoms with van der Waals surface area (Å²) in [7, 11) is 0.404. The van der Waals surface area contributed by atoms with Gasteiger partial charge in [0.15, 0.2) is 0 Å². The van der Waals surface area contributed by atoms with Crippen molar-refractivity contribution in [2.24, 2.45) is 0 Å². The Kier molecular flexibility index (Phi) is 10.7. The third-order valence-electron chi connectivity index (χ3n) is 5.94. The van der Waals surface area contributed by atoms with E-state index in [1.807, 2.05) is 32.9 Å². The molecule has 0 spiro atoms. The summed E-state index contributed by atoms with van der Waals surface area (Å²) in [5.41, 5.74) is 1.12. The number of nitrogens with one attached hydrogen (secondary N) is 1. The van der Waals surface area contributed by atoms with Gasteiger partial charge in [0.05, 0.1) is 12.8 Å². The molecule has 0 saturated carbocycles. The lowest BCUT2D eigenvalue weighted by molar-refractivity contribution is -0.140. The first-order chi connectivity index (χ1) is 17.0. The monoisotopic (exact) mass is 518 g/mol. The van der Waals surface area contributed by atoms with Crippen LogP contribution >= 0.6 is 0 Å². The van der Waals surface area contributed by atoms with Gasteiger partial charge in [0.25, 0.3) is 0 Å². The minimum atomic E-state index is -3.98. The third kappa shape index (κ3) is 7.44. The normalized spacial score (nSPS) is 13.1. The van der Waals surface area contributed by atoms with Crippen LogP contribution in [0.1, 0.15) is 39.2 Å². The topological polar surface area (TPSA) is 99.3 Å². The predicted molar refractivity (Wildman–Crippen MR) is 142 cm³/mol. The van der Waals surface area contributed by atoms with Gasteiger partial charge >= 0.3 is 10.2 Å². The summed E-state index contributed by atoms with van der Waals surface area (Å²) in [4.78, 5) is 28.5. The Hall–Kier alpha value is -3.11. The molecule has 0 aliphatic heterocycles. The second kappa shape index (κ2) is 13.3. The standard InChI is InChI=1S/C26H38N4O5S/c1-7-20(3)27-26(32)24(8-2)29(18-21-13-12-16-23(17-21)35-6)25(31)19-30(36(33,34)28(4)5)22-14-10-9-11-15-22/h9-17,20,24H,7-8,18-19H2,1-6H3,(H,27,32)/t20-,24+/m0/s1. The summed E-state index contributed by atoms with van der Waals surface area (Å²) >= 11 is 0. The zero-order valence-corrected chi connectivity index (χ0v) is 22.8. The van der Waals surface area contributed by atoms with Gasteiger partial charge in [-0.1, -0.05) is 44.2 Å². The van der Waals surface area contributed by atoms with Crippen molar-refractivity contribution >= 4 is 27.7 Å². The quantitative estimate of drug-likeness (QED) is 0.440. The van der Waals surface area contributed by atoms with Crippen molar-refractivity contribution in [3.63, 3.8) is 0 Å². The van der Waals surface area contributed by atoms with E-state index in [1.165, 1.54) is 19.0 Å². The molecule has 9 nitrogen and oxygen atoms in total. The first kappa shape index (κ1) is 29.1.